The zero-order valence-corrected chi connectivity index (χ0v) is 19.6. The molecule has 1 aliphatic heterocycles. The van der Waals surface area contributed by atoms with Crippen molar-refractivity contribution in [3.63, 3.8) is 0 Å². The van der Waals surface area contributed by atoms with Crippen molar-refractivity contribution in [2.75, 3.05) is 25.8 Å². The smallest absolute Gasteiger partial charge is 0.320 e. The maximum atomic E-state index is 13.1. The van der Waals surface area contributed by atoms with E-state index in [4.69, 9.17) is 5.73 Å². The van der Waals surface area contributed by atoms with Gasteiger partial charge in [-0.15, -0.1) is 0 Å². The summed E-state index contributed by atoms with van der Waals surface area (Å²) in [4.78, 5) is 25.1. The van der Waals surface area contributed by atoms with E-state index < -0.39 is 18.5 Å². The second kappa shape index (κ2) is 9.78. The zero-order chi connectivity index (χ0) is 23.5. The third-order valence-electron chi connectivity index (χ3n) is 6.81. The first kappa shape index (κ1) is 23.7. The number of benzene rings is 3. The van der Waals surface area contributed by atoms with Crippen molar-refractivity contribution in [2.45, 2.75) is 31.0 Å². The molecule has 0 saturated carbocycles. The molecular weight excluding hydrogens is 435 g/mol. The van der Waals surface area contributed by atoms with Crippen LogP contribution in [0.25, 0.3) is 21.9 Å². The van der Waals surface area contributed by atoms with E-state index in [1.807, 2.05) is 35.2 Å². The predicted octanol–water partition coefficient (Wildman–Crippen LogP) is 4.55. The molecule has 2 atom stereocenters. The van der Waals surface area contributed by atoms with Gasteiger partial charge in [0.15, 0.2) is 5.16 Å². The maximum absolute atomic E-state index is 13.1. The van der Waals surface area contributed by atoms with Crippen molar-refractivity contribution in [1.29, 1.82) is 0 Å². The van der Waals surface area contributed by atoms with Crippen LogP contribution in [0.3, 0.4) is 0 Å². The maximum Gasteiger partial charge on any atom is 0.320 e. The fourth-order valence-corrected chi connectivity index (χ4v) is 7.16. The van der Waals surface area contributed by atoms with E-state index in [-0.39, 0.29) is 19.1 Å². The number of unbranched alkanes of at least 4 members (excludes halogenated alkanes) is 1. The number of nitrogens with two attached hydrogens (primary N) is 1. The third-order valence-corrected chi connectivity index (χ3v) is 9.51. The molecule has 0 radical (unpaired) electrons. The lowest BCUT2D eigenvalue weighted by atomic mass is 9.94. The second-order valence-corrected chi connectivity index (χ2v) is 11.6. The molecule has 0 aromatic heterocycles. The average Bonchev–Trinajstić information content (AvgIpc) is 2.81. The lowest BCUT2D eigenvalue weighted by molar-refractivity contribution is -0.141. The number of hydrogen-bond donors (Lipinski definition) is 3. The standard InChI is InChI=1S/C26H31N2O4P/c27-15-6-5-14-26(25(29)30)19-28(16-17-33(26,31)32)18-21-9-2-4-12-23(21)24-13-7-10-20-8-1-3-11-22(20)24/h1-4,7-13H,5-6,14-19,27H2,(H,29,30)(H,31,32)/t26-/m0/s1. The molecule has 4 N–H and O–H groups in total. The summed E-state index contributed by atoms with van der Waals surface area (Å²) in [5.41, 5.74) is 8.88. The monoisotopic (exact) mass is 466 g/mol. The number of rotatable bonds is 8. The van der Waals surface area contributed by atoms with E-state index in [2.05, 4.69) is 36.4 Å². The highest BCUT2D eigenvalue weighted by atomic mass is 31.2. The highest BCUT2D eigenvalue weighted by Gasteiger charge is 2.56. The number of hydrogen-bond acceptors (Lipinski definition) is 4. The minimum absolute atomic E-state index is 0.0155. The van der Waals surface area contributed by atoms with Gasteiger partial charge in [-0.25, -0.2) is 0 Å². The molecule has 4 rings (SSSR count). The molecule has 0 bridgehead atoms. The Balaban J connectivity index is 1.66. The molecule has 1 fully saturated rings. The first-order chi connectivity index (χ1) is 15.9. The summed E-state index contributed by atoms with van der Waals surface area (Å²) in [6.07, 6.45) is 1.31. The van der Waals surface area contributed by atoms with Gasteiger partial charge in [-0.05, 0) is 46.8 Å². The van der Waals surface area contributed by atoms with E-state index in [1.54, 1.807) is 0 Å². The first-order valence-corrected chi connectivity index (χ1v) is 13.3. The molecule has 3 aromatic rings. The molecule has 33 heavy (non-hydrogen) atoms. The van der Waals surface area contributed by atoms with Gasteiger partial charge >= 0.3 is 5.97 Å². The Morgan fingerprint density at radius 3 is 2.48 bits per heavy atom. The number of fused-ring (bicyclic) bond motifs is 1. The van der Waals surface area contributed by atoms with Crippen molar-refractivity contribution in [3.8, 4) is 11.1 Å². The van der Waals surface area contributed by atoms with Crippen molar-refractivity contribution in [3.05, 3.63) is 72.3 Å². The number of aliphatic carboxylic acids is 1. The molecule has 1 heterocycles. The van der Waals surface area contributed by atoms with Gasteiger partial charge in [-0.2, -0.15) is 0 Å². The van der Waals surface area contributed by atoms with E-state index in [1.165, 1.54) is 0 Å². The van der Waals surface area contributed by atoms with Crippen LogP contribution in [0.4, 0.5) is 0 Å². The van der Waals surface area contributed by atoms with Crippen molar-refractivity contribution < 1.29 is 19.4 Å². The molecule has 0 spiro atoms. The topological polar surface area (TPSA) is 104 Å². The molecule has 0 aliphatic carbocycles. The van der Waals surface area contributed by atoms with Crippen molar-refractivity contribution >= 4 is 24.1 Å². The van der Waals surface area contributed by atoms with Crippen LogP contribution >= 0.6 is 7.37 Å². The number of carboxylic acids is 1. The van der Waals surface area contributed by atoms with Gasteiger partial charge in [0.1, 0.15) is 0 Å². The van der Waals surface area contributed by atoms with Crippen LogP contribution < -0.4 is 5.73 Å². The van der Waals surface area contributed by atoms with Gasteiger partial charge in [0, 0.05) is 25.8 Å². The van der Waals surface area contributed by atoms with Gasteiger partial charge in [-0.1, -0.05) is 73.2 Å². The Morgan fingerprint density at radius 1 is 1.00 bits per heavy atom. The highest BCUT2D eigenvalue weighted by molar-refractivity contribution is 7.61. The van der Waals surface area contributed by atoms with Crippen LogP contribution in [-0.4, -0.2) is 51.8 Å². The molecule has 7 heteroatoms. The molecular formula is C26H31N2O4P. The number of carbonyl (C=O) groups is 1. The Morgan fingerprint density at radius 2 is 1.70 bits per heavy atom. The zero-order valence-electron chi connectivity index (χ0n) is 18.7. The quantitative estimate of drug-likeness (QED) is 0.333. The van der Waals surface area contributed by atoms with Gasteiger partial charge in [0.25, 0.3) is 0 Å². The summed E-state index contributed by atoms with van der Waals surface area (Å²) in [5.74, 6) is -1.18. The van der Waals surface area contributed by atoms with Crippen LogP contribution in [0.1, 0.15) is 24.8 Å². The number of carboxylic acid groups (broad SMARTS) is 1. The van der Waals surface area contributed by atoms with Gasteiger partial charge < -0.3 is 15.7 Å². The van der Waals surface area contributed by atoms with E-state index in [0.717, 1.165) is 27.5 Å². The SMILES string of the molecule is NCCCC[C@@]1(C(=O)O)CN(Cc2ccccc2-c2cccc3ccccc23)CCP1(=O)O. The first-order valence-electron chi connectivity index (χ1n) is 11.4. The molecule has 1 aliphatic rings. The van der Waals surface area contributed by atoms with Gasteiger partial charge in [-0.3, -0.25) is 14.3 Å². The lowest BCUT2D eigenvalue weighted by Gasteiger charge is -2.43. The highest BCUT2D eigenvalue weighted by Crippen LogP contribution is 2.59. The van der Waals surface area contributed by atoms with Crippen LogP contribution in [-0.2, 0) is 15.9 Å². The van der Waals surface area contributed by atoms with Crippen LogP contribution in [0.5, 0.6) is 0 Å². The van der Waals surface area contributed by atoms with Gasteiger partial charge in [0.05, 0.1) is 0 Å². The number of nitrogens with zero attached hydrogens (tertiary/aromatic N) is 1. The second-order valence-electron chi connectivity index (χ2n) is 8.90. The molecule has 6 nitrogen and oxygen atoms in total. The van der Waals surface area contributed by atoms with Gasteiger partial charge in [0.2, 0.25) is 7.37 Å². The molecule has 1 saturated heterocycles. The van der Waals surface area contributed by atoms with Crippen LogP contribution in [0.15, 0.2) is 66.7 Å². The average molecular weight is 467 g/mol. The summed E-state index contributed by atoms with van der Waals surface area (Å²) in [7, 11) is -3.85. The summed E-state index contributed by atoms with van der Waals surface area (Å²) >= 11 is 0. The summed E-state index contributed by atoms with van der Waals surface area (Å²) < 4.78 is 13.1. The Bertz CT molecular complexity index is 1190. The molecule has 1 unspecified atom stereocenters. The van der Waals surface area contributed by atoms with E-state index in [9.17, 15) is 19.4 Å². The largest absolute Gasteiger partial charge is 0.480 e. The van der Waals surface area contributed by atoms with Crippen LogP contribution in [0, 0.1) is 0 Å². The Kier molecular flexibility index (Phi) is 7.01. The Labute approximate surface area is 194 Å². The third kappa shape index (κ3) is 4.62. The van der Waals surface area contributed by atoms with Crippen molar-refractivity contribution in [1.82, 2.24) is 4.90 Å². The minimum Gasteiger partial charge on any atom is -0.480 e. The summed E-state index contributed by atoms with van der Waals surface area (Å²) in [6.45, 7) is 1.41. The summed E-state index contributed by atoms with van der Waals surface area (Å²) in [5, 5.41) is 10.7. The van der Waals surface area contributed by atoms with Crippen LogP contribution in [0.2, 0.25) is 0 Å². The van der Waals surface area contributed by atoms with E-state index >= 15 is 0 Å². The predicted molar refractivity (Wildman–Crippen MR) is 133 cm³/mol. The normalized spacial score (nSPS) is 23.6. The molecule has 174 valence electrons. The molecule has 3 aromatic carbocycles. The minimum atomic E-state index is -3.85. The Hall–Kier alpha value is -2.50. The molecule has 0 amide bonds. The van der Waals surface area contributed by atoms with E-state index in [0.29, 0.717) is 32.5 Å². The lowest BCUT2D eigenvalue weighted by Crippen LogP contribution is -2.53. The fraction of sp³-hybridized carbons (Fsp3) is 0.346. The summed E-state index contributed by atoms with van der Waals surface area (Å²) in [6, 6.07) is 22.6. The fourth-order valence-electron chi connectivity index (χ4n) is 4.95. The van der Waals surface area contributed by atoms with Crippen molar-refractivity contribution in [2.24, 2.45) is 5.73 Å².